The quantitative estimate of drug-likeness (QED) is 0.586. The van der Waals surface area contributed by atoms with Crippen LogP contribution in [0.15, 0.2) is 48.5 Å². The Bertz CT molecular complexity index is 1070. The highest BCUT2D eigenvalue weighted by atomic mass is 16.6. The number of alkyl carbamates (subject to hydrolysis) is 1. The van der Waals surface area contributed by atoms with Gasteiger partial charge in [0.2, 0.25) is 0 Å². The molecule has 8 nitrogen and oxygen atoms in total. The van der Waals surface area contributed by atoms with Crippen molar-refractivity contribution in [1.82, 2.24) is 10.6 Å². The lowest BCUT2D eigenvalue weighted by Gasteiger charge is -2.30. The maximum atomic E-state index is 12.9. The molecule has 184 valence electrons. The fourth-order valence-electron chi connectivity index (χ4n) is 5.65. The standard InChI is InChI=1S/C27H30N2O6/c30-25(28-22-12-6-5-11-20(22)26(31)32)24-23(13-14-34-24)29-27(33)35-15-21-18-9-3-1-7-16(18)17-8-2-4-10-19(17)21/h1-4,7-10,20-24H,5-6,11-15H2,(H,28,30)(H,29,33)(H,31,32)/t20-,22+,23?,24?/m1/s1. The number of aliphatic carboxylic acids is 1. The summed E-state index contributed by atoms with van der Waals surface area (Å²) in [5.41, 5.74) is 4.56. The van der Waals surface area contributed by atoms with E-state index in [9.17, 15) is 19.5 Å². The summed E-state index contributed by atoms with van der Waals surface area (Å²) in [5, 5.41) is 15.1. The molecule has 1 aliphatic heterocycles. The summed E-state index contributed by atoms with van der Waals surface area (Å²) in [6.07, 6.45) is 1.91. The number of rotatable bonds is 6. The number of carbonyl (C=O) groups excluding carboxylic acids is 2. The lowest BCUT2D eigenvalue weighted by atomic mass is 9.84. The van der Waals surface area contributed by atoms with E-state index in [1.165, 1.54) is 0 Å². The van der Waals surface area contributed by atoms with Crippen molar-refractivity contribution in [1.29, 1.82) is 0 Å². The Labute approximate surface area is 204 Å². The molecule has 0 aromatic heterocycles. The Morgan fingerprint density at radius 2 is 1.54 bits per heavy atom. The van der Waals surface area contributed by atoms with Gasteiger partial charge in [-0.1, -0.05) is 61.4 Å². The molecule has 2 aliphatic carbocycles. The van der Waals surface area contributed by atoms with Crippen LogP contribution in [-0.4, -0.2) is 54.5 Å². The van der Waals surface area contributed by atoms with Gasteiger partial charge in [0.1, 0.15) is 6.61 Å². The Balaban J connectivity index is 1.19. The van der Waals surface area contributed by atoms with Crippen molar-refractivity contribution in [3.63, 3.8) is 0 Å². The molecule has 3 aliphatic rings. The van der Waals surface area contributed by atoms with Crippen LogP contribution in [-0.2, 0) is 19.1 Å². The smallest absolute Gasteiger partial charge is 0.407 e. The number of amides is 2. The second kappa shape index (κ2) is 10.1. The van der Waals surface area contributed by atoms with Crippen molar-refractivity contribution >= 4 is 18.0 Å². The molecule has 2 aromatic rings. The van der Waals surface area contributed by atoms with Crippen LogP contribution >= 0.6 is 0 Å². The van der Waals surface area contributed by atoms with Crippen LogP contribution in [0, 0.1) is 5.92 Å². The first-order valence-electron chi connectivity index (χ1n) is 12.3. The van der Waals surface area contributed by atoms with E-state index in [0.29, 0.717) is 25.9 Å². The van der Waals surface area contributed by atoms with Crippen LogP contribution < -0.4 is 10.6 Å². The van der Waals surface area contributed by atoms with Gasteiger partial charge >= 0.3 is 12.1 Å². The topological polar surface area (TPSA) is 114 Å². The van der Waals surface area contributed by atoms with Crippen LogP contribution in [0.3, 0.4) is 0 Å². The molecule has 35 heavy (non-hydrogen) atoms. The minimum absolute atomic E-state index is 0.0497. The van der Waals surface area contributed by atoms with Gasteiger partial charge in [-0.2, -0.15) is 0 Å². The molecule has 1 heterocycles. The SMILES string of the molecule is O=C(NC1CCOC1C(=O)N[C@H]1CCCC[C@H]1C(=O)O)OCC1c2ccccc2-c2ccccc21. The number of benzene rings is 2. The van der Waals surface area contributed by atoms with Gasteiger partial charge in [0, 0.05) is 18.6 Å². The first kappa shape index (κ1) is 23.4. The van der Waals surface area contributed by atoms with Gasteiger partial charge in [-0.3, -0.25) is 9.59 Å². The van der Waals surface area contributed by atoms with E-state index in [0.717, 1.165) is 35.1 Å². The average molecular weight is 479 g/mol. The number of fused-ring (bicyclic) bond motifs is 3. The molecule has 4 atom stereocenters. The van der Waals surface area contributed by atoms with Crippen LogP contribution in [0.1, 0.15) is 49.1 Å². The monoisotopic (exact) mass is 478 g/mol. The fraction of sp³-hybridized carbons (Fsp3) is 0.444. The van der Waals surface area contributed by atoms with E-state index in [-0.39, 0.29) is 18.4 Å². The van der Waals surface area contributed by atoms with Crippen LogP contribution in [0.4, 0.5) is 4.79 Å². The van der Waals surface area contributed by atoms with Crippen molar-refractivity contribution in [2.75, 3.05) is 13.2 Å². The van der Waals surface area contributed by atoms with Gasteiger partial charge < -0.3 is 25.2 Å². The summed E-state index contributed by atoms with van der Waals surface area (Å²) >= 11 is 0. The second-order valence-corrected chi connectivity index (χ2v) is 9.50. The summed E-state index contributed by atoms with van der Waals surface area (Å²) in [5.74, 6) is -1.92. The Morgan fingerprint density at radius 1 is 0.886 bits per heavy atom. The van der Waals surface area contributed by atoms with Gasteiger partial charge in [0.15, 0.2) is 6.10 Å². The van der Waals surface area contributed by atoms with Gasteiger partial charge in [-0.05, 0) is 41.5 Å². The zero-order chi connectivity index (χ0) is 24.4. The van der Waals surface area contributed by atoms with Crippen molar-refractivity contribution in [3.05, 3.63) is 59.7 Å². The maximum Gasteiger partial charge on any atom is 0.407 e. The highest BCUT2D eigenvalue weighted by Gasteiger charge is 2.39. The molecule has 2 unspecified atom stereocenters. The predicted octanol–water partition coefficient (Wildman–Crippen LogP) is 3.44. The summed E-state index contributed by atoms with van der Waals surface area (Å²) in [6.45, 7) is 0.520. The van der Waals surface area contributed by atoms with Crippen molar-refractivity contribution in [2.45, 2.75) is 56.2 Å². The number of hydrogen-bond acceptors (Lipinski definition) is 5. The highest BCUT2D eigenvalue weighted by molar-refractivity contribution is 5.84. The molecule has 8 heteroatoms. The van der Waals surface area contributed by atoms with Gasteiger partial charge in [0.25, 0.3) is 5.91 Å². The van der Waals surface area contributed by atoms with E-state index in [4.69, 9.17) is 9.47 Å². The number of carbonyl (C=O) groups is 3. The lowest BCUT2D eigenvalue weighted by Crippen LogP contribution is -2.53. The molecule has 5 rings (SSSR count). The van der Waals surface area contributed by atoms with E-state index in [1.54, 1.807) is 0 Å². The van der Waals surface area contributed by atoms with E-state index in [1.807, 2.05) is 24.3 Å². The van der Waals surface area contributed by atoms with E-state index in [2.05, 4.69) is 34.9 Å². The Hall–Kier alpha value is -3.39. The number of nitrogens with one attached hydrogen (secondary N) is 2. The molecular formula is C27H30N2O6. The summed E-state index contributed by atoms with van der Waals surface area (Å²) < 4.78 is 11.2. The van der Waals surface area contributed by atoms with Crippen molar-refractivity contribution in [2.24, 2.45) is 5.92 Å². The maximum absolute atomic E-state index is 12.9. The molecule has 0 bridgehead atoms. The number of carboxylic acid groups (broad SMARTS) is 1. The molecule has 1 saturated carbocycles. The zero-order valence-corrected chi connectivity index (χ0v) is 19.4. The Morgan fingerprint density at radius 3 is 2.23 bits per heavy atom. The first-order chi connectivity index (χ1) is 17.0. The normalized spacial score (nSPS) is 25.4. The fourth-order valence-corrected chi connectivity index (χ4v) is 5.65. The molecule has 2 aromatic carbocycles. The van der Waals surface area contributed by atoms with Gasteiger partial charge in [-0.25, -0.2) is 4.79 Å². The zero-order valence-electron chi connectivity index (χ0n) is 19.4. The summed E-state index contributed by atoms with van der Waals surface area (Å²) in [4.78, 5) is 37.1. The number of carboxylic acids is 1. The minimum Gasteiger partial charge on any atom is -0.481 e. The molecule has 0 radical (unpaired) electrons. The third-order valence-electron chi connectivity index (χ3n) is 7.41. The van der Waals surface area contributed by atoms with Crippen LogP contribution in [0.25, 0.3) is 11.1 Å². The average Bonchev–Trinajstić information content (AvgIpc) is 3.45. The highest BCUT2D eigenvalue weighted by Crippen LogP contribution is 2.44. The molecule has 2 amide bonds. The Kier molecular flexibility index (Phi) is 6.72. The molecule has 0 spiro atoms. The molecule has 1 saturated heterocycles. The van der Waals surface area contributed by atoms with Crippen LogP contribution in [0.5, 0.6) is 0 Å². The third kappa shape index (κ3) is 4.75. The van der Waals surface area contributed by atoms with E-state index < -0.39 is 36.2 Å². The lowest BCUT2D eigenvalue weighted by molar-refractivity contribution is -0.144. The second-order valence-electron chi connectivity index (χ2n) is 9.50. The van der Waals surface area contributed by atoms with Gasteiger partial charge in [0.05, 0.1) is 12.0 Å². The molecule has 2 fully saturated rings. The largest absolute Gasteiger partial charge is 0.481 e. The first-order valence-corrected chi connectivity index (χ1v) is 12.3. The number of hydrogen-bond donors (Lipinski definition) is 3. The van der Waals surface area contributed by atoms with Crippen molar-refractivity contribution in [3.8, 4) is 11.1 Å². The third-order valence-corrected chi connectivity index (χ3v) is 7.41. The minimum atomic E-state index is -0.893. The summed E-state index contributed by atoms with van der Waals surface area (Å²) in [6, 6.07) is 15.3. The molecular weight excluding hydrogens is 448 g/mol. The predicted molar refractivity (Wildman–Crippen MR) is 128 cm³/mol. The van der Waals surface area contributed by atoms with Gasteiger partial charge in [-0.15, -0.1) is 0 Å². The van der Waals surface area contributed by atoms with Crippen molar-refractivity contribution < 1.29 is 29.0 Å². The molecule has 3 N–H and O–H groups in total. The number of ether oxygens (including phenoxy) is 2. The summed E-state index contributed by atoms with van der Waals surface area (Å²) in [7, 11) is 0. The van der Waals surface area contributed by atoms with Crippen LogP contribution in [0.2, 0.25) is 0 Å². The van der Waals surface area contributed by atoms with E-state index >= 15 is 0 Å².